The van der Waals surface area contributed by atoms with Gasteiger partial charge in [0.1, 0.15) is 12.3 Å². The number of rotatable bonds is 7. The van der Waals surface area contributed by atoms with Crippen LogP contribution in [0.1, 0.15) is 41.0 Å². The third-order valence-corrected chi connectivity index (χ3v) is 5.99. The quantitative estimate of drug-likeness (QED) is 0.509. The van der Waals surface area contributed by atoms with Gasteiger partial charge in [0.25, 0.3) is 0 Å². The molecule has 2 aromatic rings. The Labute approximate surface area is 181 Å². The van der Waals surface area contributed by atoms with E-state index in [2.05, 4.69) is 16.7 Å². The molecule has 1 aromatic carbocycles. The molecule has 1 unspecified atom stereocenters. The Hall–Kier alpha value is -2.64. The van der Waals surface area contributed by atoms with Gasteiger partial charge in [0.2, 0.25) is 0 Å². The van der Waals surface area contributed by atoms with Gasteiger partial charge >= 0.3 is 12.1 Å². The number of carbonyl (C=O) groups excluding carboxylic acids is 2. The third kappa shape index (κ3) is 7.00. The van der Waals surface area contributed by atoms with E-state index in [9.17, 15) is 9.59 Å². The average molecular weight is 429 g/mol. The highest BCUT2D eigenvalue weighted by molar-refractivity contribution is 7.12. The van der Waals surface area contributed by atoms with E-state index in [-0.39, 0.29) is 12.3 Å². The van der Waals surface area contributed by atoms with E-state index >= 15 is 0 Å². The number of benzene rings is 1. The Morgan fingerprint density at radius 1 is 1.17 bits per heavy atom. The van der Waals surface area contributed by atoms with Crippen molar-refractivity contribution in [3.05, 3.63) is 63.5 Å². The minimum absolute atomic E-state index is 0.0524. The van der Waals surface area contributed by atoms with E-state index in [4.69, 9.17) is 9.47 Å². The molecule has 1 atom stereocenters. The first-order chi connectivity index (χ1) is 14.6. The van der Waals surface area contributed by atoms with Gasteiger partial charge in [-0.1, -0.05) is 43.2 Å². The molecule has 1 aromatic heterocycles. The molecule has 3 rings (SSSR count). The van der Waals surface area contributed by atoms with Crippen molar-refractivity contribution in [3.63, 3.8) is 0 Å². The molecular weight excluding hydrogens is 400 g/mol. The molecule has 1 saturated heterocycles. The number of methoxy groups -OCH3 is 1. The predicted molar refractivity (Wildman–Crippen MR) is 118 cm³/mol. The number of hydrogen-bond acceptors (Lipinski definition) is 6. The normalized spacial score (nSPS) is 17.1. The second kappa shape index (κ2) is 11.5. The highest BCUT2D eigenvalue weighted by atomic mass is 32.1. The topological polar surface area (TPSA) is 76.7 Å². The fraction of sp³-hybridized carbons (Fsp3) is 0.391. The van der Waals surface area contributed by atoms with Gasteiger partial charge in [-0.25, -0.2) is 9.59 Å². The van der Waals surface area contributed by atoms with Gasteiger partial charge in [-0.2, -0.15) is 0 Å². The van der Waals surface area contributed by atoms with Gasteiger partial charge in [0, 0.05) is 15.8 Å². The number of alkyl carbamates (subject to hydrolysis) is 1. The van der Waals surface area contributed by atoms with Gasteiger partial charge in [0.15, 0.2) is 0 Å². The molecule has 0 radical (unpaired) electrons. The van der Waals surface area contributed by atoms with Crippen LogP contribution in [-0.4, -0.2) is 31.8 Å². The standard InChI is InChI=1S/C23H28N2O4S/c1-28-22(26)21(25-23(27)29-16-17-8-4-2-5-9-17)15-20-12-11-19(30-20)14-18-10-6-3-7-13-24-18/h2,4-5,8-9,11-12,15,18,24H,3,6-7,10,13-14,16H2,1H3,(H,25,27). The van der Waals surface area contributed by atoms with Crippen molar-refractivity contribution >= 4 is 29.5 Å². The van der Waals surface area contributed by atoms with Crippen LogP contribution < -0.4 is 10.6 Å². The van der Waals surface area contributed by atoms with Gasteiger partial charge < -0.3 is 14.8 Å². The molecule has 2 N–H and O–H groups in total. The van der Waals surface area contributed by atoms with Gasteiger partial charge in [-0.15, -0.1) is 11.3 Å². The first-order valence-corrected chi connectivity index (χ1v) is 11.1. The van der Waals surface area contributed by atoms with Crippen LogP contribution in [0.5, 0.6) is 0 Å². The zero-order valence-electron chi connectivity index (χ0n) is 17.2. The van der Waals surface area contributed by atoms with E-state index in [1.54, 1.807) is 17.4 Å². The van der Waals surface area contributed by atoms with Crippen molar-refractivity contribution in [2.75, 3.05) is 13.7 Å². The number of esters is 1. The molecule has 30 heavy (non-hydrogen) atoms. The number of thiophene rings is 1. The van der Waals surface area contributed by atoms with Gasteiger partial charge in [0.05, 0.1) is 7.11 Å². The number of ether oxygens (including phenoxy) is 2. The maximum absolute atomic E-state index is 12.2. The predicted octanol–water partition coefficient (Wildman–Crippen LogP) is 4.26. The van der Waals surface area contributed by atoms with E-state index < -0.39 is 12.1 Å². The summed E-state index contributed by atoms with van der Waals surface area (Å²) in [5, 5.41) is 6.11. The Morgan fingerprint density at radius 2 is 2.00 bits per heavy atom. The summed E-state index contributed by atoms with van der Waals surface area (Å²) < 4.78 is 10.0. The maximum Gasteiger partial charge on any atom is 0.412 e. The molecule has 0 spiro atoms. The van der Waals surface area contributed by atoms with E-state index in [1.807, 2.05) is 36.4 Å². The SMILES string of the molecule is COC(=O)C(=Cc1ccc(CC2CCCCCN2)s1)NC(=O)OCc1ccccc1. The van der Waals surface area contributed by atoms with Crippen LogP contribution in [0, 0.1) is 0 Å². The smallest absolute Gasteiger partial charge is 0.412 e. The molecule has 1 aliphatic heterocycles. The van der Waals surface area contributed by atoms with Crippen LogP contribution in [-0.2, 0) is 27.3 Å². The summed E-state index contributed by atoms with van der Waals surface area (Å²) in [6.45, 7) is 1.20. The zero-order valence-corrected chi connectivity index (χ0v) is 18.0. The highest BCUT2D eigenvalue weighted by Crippen LogP contribution is 2.22. The monoisotopic (exact) mass is 428 g/mol. The minimum Gasteiger partial charge on any atom is -0.464 e. The third-order valence-electron chi connectivity index (χ3n) is 4.93. The molecule has 1 amide bonds. The fourth-order valence-corrected chi connectivity index (χ4v) is 4.40. The van der Waals surface area contributed by atoms with Crippen molar-refractivity contribution in [1.29, 1.82) is 0 Å². The molecule has 160 valence electrons. The molecule has 0 bridgehead atoms. The lowest BCUT2D eigenvalue weighted by molar-refractivity contribution is -0.136. The minimum atomic E-state index is -0.699. The first kappa shape index (κ1) is 22.1. The Morgan fingerprint density at radius 3 is 2.80 bits per heavy atom. The van der Waals surface area contributed by atoms with E-state index in [0.717, 1.165) is 23.4 Å². The van der Waals surface area contributed by atoms with Gasteiger partial charge in [-0.3, -0.25) is 5.32 Å². The molecule has 0 saturated carbocycles. The summed E-state index contributed by atoms with van der Waals surface area (Å²) >= 11 is 1.61. The van der Waals surface area contributed by atoms with E-state index in [1.165, 1.54) is 37.7 Å². The van der Waals surface area contributed by atoms with E-state index in [0.29, 0.717) is 6.04 Å². The first-order valence-electron chi connectivity index (χ1n) is 10.2. The number of amides is 1. The molecule has 2 heterocycles. The molecule has 0 aliphatic carbocycles. The Bertz CT molecular complexity index is 855. The van der Waals surface area contributed by atoms with Crippen molar-refractivity contribution in [2.24, 2.45) is 0 Å². The summed E-state index contributed by atoms with van der Waals surface area (Å²) in [7, 11) is 1.28. The van der Waals surface area contributed by atoms with Crippen LogP contribution in [0.25, 0.3) is 6.08 Å². The lowest BCUT2D eigenvalue weighted by Crippen LogP contribution is -2.29. The molecular formula is C23H28N2O4S. The summed E-state index contributed by atoms with van der Waals surface area (Å²) in [5.74, 6) is -0.618. The summed E-state index contributed by atoms with van der Waals surface area (Å²) in [4.78, 5) is 26.4. The van der Waals surface area contributed by atoms with Crippen molar-refractivity contribution in [3.8, 4) is 0 Å². The second-order valence-corrected chi connectivity index (χ2v) is 8.44. The Kier molecular flexibility index (Phi) is 8.47. The van der Waals surface area contributed by atoms with Crippen LogP contribution >= 0.6 is 11.3 Å². The molecule has 1 aliphatic rings. The number of carbonyl (C=O) groups is 2. The summed E-state index contributed by atoms with van der Waals surface area (Å²) in [6.07, 6.45) is 6.88. The summed E-state index contributed by atoms with van der Waals surface area (Å²) in [6, 6.07) is 13.9. The van der Waals surface area contributed by atoms with Crippen LogP contribution in [0.4, 0.5) is 4.79 Å². The maximum atomic E-state index is 12.2. The van der Waals surface area contributed by atoms with Crippen molar-refractivity contribution in [1.82, 2.24) is 10.6 Å². The number of hydrogen-bond donors (Lipinski definition) is 2. The number of nitrogens with one attached hydrogen (secondary N) is 2. The average Bonchev–Trinajstić information content (AvgIpc) is 3.04. The molecule has 1 fully saturated rings. The van der Waals surface area contributed by atoms with Crippen molar-refractivity contribution < 1.29 is 19.1 Å². The summed E-state index contributed by atoms with van der Waals surface area (Å²) in [5.41, 5.74) is 0.919. The molecule has 6 nitrogen and oxygen atoms in total. The Balaban J connectivity index is 1.61. The fourth-order valence-electron chi connectivity index (χ4n) is 3.37. The molecule has 7 heteroatoms. The van der Waals surface area contributed by atoms with Crippen LogP contribution in [0.3, 0.4) is 0 Å². The highest BCUT2D eigenvalue weighted by Gasteiger charge is 2.16. The lowest BCUT2D eigenvalue weighted by Gasteiger charge is -2.14. The lowest BCUT2D eigenvalue weighted by atomic mass is 10.1. The zero-order chi connectivity index (χ0) is 21.2. The van der Waals surface area contributed by atoms with Gasteiger partial charge in [-0.05, 0) is 49.6 Å². The van der Waals surface area contributed by atoms with Crippen molar-refractivity contribution in [2.45, 2.75) is 44.8 Å². The second-order valence-electron chi connectivity index (χ2n) is 7.24. The van der Waals surface area contributed by atoms with Crippen LogP contribution in [0.2, 0.25) is 0 Å². The largest absolute Gasteiger partial charge is 0.464 e. The van der Waals surface area contributed by atoms with Crippen LogP contribution in [0.15, 0.2) is 48.2 Å².